The second-order valence-electron chi connectivity index (χ2n) is 6.71. The fourth-order valence-corrected chi connectivity index (χ4v) is 4.38. The smallest absolute Gasteiger partial charge is 0.252 e. The molecular weight excluding hydrogens is 452 g/mol. The number of nitrogens with zero attached hydrogens (tertiary/aromatic N) is 5. The van der Waals surface area contributed by atoms with Crippen molar-refractivity contribution in [1.29, 1.82) is 0 Å². The minimum Gasteiger partial charge on any atom is -0.302 e. The van der Waals surface area contributed by atoms with Crippen molar-refractivity contribution in [1.82, 2.24) is 24.6 Å². The summed E-state index contributed by atoms with van der Waals surface area (Å²) in [6.45, 7) is 5.91. The zero-order chi connectivity index (χ0) is 20.5. The van der Waals surface area contributed by atoms with Crippen LogP contribution in [-0.4, -0.2) is 30.5 Å². The molecule has 0 atom stereocenters. The lowest BCUT2D eigenvalue weighted by Crippen LogP contribution is -2.14. The van der Waals surface area contributed by atoms with Gasteiger partial charge in [-0.25, -0.2) is 14.5 Å². The quantitative estimate of drug-likeness (QED) is 0.463. The van der Waals surface area contributed by atoms with Gasteiger partial charge in [0.05, 0.1) is 5.69 Å². The van der Waals surface area contributed by atoms with Crippen molar-refractivity contribution in [3.8, 4) is 11.3 Å². The molecule has 3 aromatic heterocycles. The molecule has 0 saturated heterocycles. The molecule has 9 heteroatoms. The fraction of sp³-hybridized carbons (Fsp3) is 0.250. The minimum atomic E-state index is -0.0707. The number of halogens is 1. The second-order valence-corrected chi connectivity index (χ2v) is 8.83. The lowest BCUT2D eigenvalue weighted by molar-refractivity contribution is -0.116. The Hall–Kier alpha value is -2.65. The topological polar surface area (TPSA) is 85.1 Å². The van der Waals surface area contributed by atoms with E-state index in [0.717, 1.165) is 37.6 Å². The van der Waals surface area contributed by atoms with E-state index >= 15 is 0 Å². The van der Waals surface area contributed by atoms with E-state index in [1.54, 1.807) is 4.52 Å². The zero-order valence-electron chi connectivity index (χ0n) is 16.2. The minimum absolute atomic E-state index is 0.0707. The highest BCUT2D eigenvalue weighted by Gasteiger charge is 2.15. The fourth-order valence-electron chi connectivity index (χ4n) is 3.26. The highest BCUT2D eigenvalue weighted by Crippen LogP contribution is 2.31. The van der Waals surface area contributed by atoms with Gasteiger partial charge in [0.2, 0.25) is 5.91 Å². The van der Waals surface area contributed by atoms with Crippen LogP contribution < -0.4 is 5.32 Å². The van der Waals surface area contributed by atoms with Crippen molar-refractivity contribution < 1.29 is 4.79 Å². The number of thiazole rings is 1. The molecule has 1 N–H and O–H groups in total. The van der Waals surface area contributed by atoms with Crippen molar-refractivity contribution in [2.24, 2.45) is 0 Å². The molecule has 0 aliphatic heterocycles. The maximum atomic E-state index is 12.5. The first kappa shape index (κ1) is 19.7. The number of hydrogen-bond acceptors (Lipinski definition) is 6. The monoisotopic (exact) mass is 470 g/mol. The third-order valence-corrected chi connectivity index (χ3v) is 6.17. The van der Waals surface area contributed by atoms with E-state index in [0.29, 0.717) is 23.8 Å². The number of fused-ring (bicyclic) bond motifs is 1. The van der Waals surface area contributed by atoms with Gasteiger partial charge in [-0.3, -0.25) is 4.79 Å². The SMILES string of the molecule is Cc1nc2ncnn2c(C)c1CCC(=O)Nc1nc(-c2ccc(Br)cc2)c(C)s1. The standard InChI is InChI=1S/C20H19BrN6OS/c1-11-16(12(2)27-19(24-11)22-10-23-27)8-9-17(28)25-20-26-18(13(3)29-20)14-4-6-15(21)7-5-14/h4-7,10H,8-9H2,1-3H3,(H,25,26,28). The Kier molecular flexibility index (Phi) is 5.42. The summed E-state index contributed by atoms with van der Waals surface area (Å²) in [5.74, 6) is 0.505. The van der Waals surface area contributed by atoms with Crippen LogP contribution in [0.2, 0.25) is 0 Å². The summed E-state index contributed by atoms with van der Waals surface area (Å²) >= 11 is 4.93. The molecule has 4 rings (SSSR count). The molecular formula is C20H19BrN6OS. The third kappa shape index (κ3) is 4.06. The van der Waals surface area contributed by atoms with Crippen LogP contribution in [0.15, 0.2) is 35.1 Å². The number of amides is 1. The maximum absolute atomic E-state index is 12.5. The summed E-state index contributed by atoms with van der Waals surface area (Å²) in [7, 11) is 0. The van der Waals surface area contributed by atoms with E-state index in [9.17, 15) is 4.79 Å². The summed E-state index contributed by atoms with van der Waals surface area (Å²) in [5, 5.41) is 7.74. The van der Waals surface area contributed by atoms with Crippen LogP contribution >= 0.6 is 27.3 Å². The average molecular weight is 471 g/mol. The molecule has 0 radical (unpaired) electrons. The van der Waals surface area contributed by atoms with E-state index in [1.807, 2.05) is 45.0 Å². The molecule has 0 fully saturated rings. The first-order valence-corrected chi connectivity index (χ1v) is 10.7. The number of carbonyl (C=O) groups is 1. The van der Waals surface area contributed by atoms with Crippen molar-refractivity contribution in [2.45, 2.75) is 33.6 Å². The van der Waals surface area contributed by atoms with Crippen molar-refractivity contribution in [2.75, 3.05) is 5.32 Å². The number of anilines is 1. The van der Waals surface area contributed by atoms with Crippen LogP contribution in [0.1, 0.15) is 28.2 Å². The van der Waals surface area contributed by atoms with Crippen LogP contribution in [0.5, 0.6) is 0 Å². The number of aromatic nitrogens is 5. The third-order valence-electron chi connectivity index (χ3n) is 4.75. The molecule has 1 aromatic carbocycles. The normalized spacial score (nSPS) is 11.2. The van der Waals surface area contributed by atoms with Crippen molar-refractivity contribution >= 4 is 44.1 Å². The van der Waals surface area contributed by atoms with Gasteiger partial charge in [-0.1, -0.05) is 28.1 Å². The molecule has 1 amide bonds. The van der Waals surface area contributed by atoms with E-state index in [2.05, 4.69) is 41.3 Å². The summed E-state index contributed by atoms with van der Waals surface area (Å²) in [6.07, 6.45) is 2.41. The predicted molar refractivity (Wildman–Crippen MR) is 117 cm³/mol. The Morgan fingerprint density at radius 2 is 1.93 bits per heavy atom. The number of hydrogen-bond donors (Lipinski definition) is 1. The molecule has 0 aliphatic rings. The van der Waals surface area contributed by atoms with Crippen LogP contribution in [0.25, 0.3) is 17.0 Å². The van der Waals surface area contributed by atoms with Gasteiger partial charge in [0, 0.05) is 32.7 Å². The number of rotatable bonds is 5. The summed E-state index contributed by atoms with van der Waals surface area (Å²) < 4.78 is 2.72. The van der Waals surface area contributed by atoms with Gasteiger partial charge < -0.3 is 5.32 Å². The molecule has 0 aliphatic carbocycles. The van der Waals surface area contributed by atoms with Gasteiger partial charge in [0.25, 0.3) is 5.78 Å². The Balaban J connectivity index is 1.46. The van der Waals surface area contributed by atoms with Gasteiger partial charge in [-0.15, -0.1) is 11.3 Å². The Morgan fingerprint density at radius 3 is 2.69 bits per heavy atom. The van der Waals surface area contributed by atoms with Crippen LogP contribution in [0.4, 0.5) is 5.13 Å². The molecule has 4 aromatic rings. The molecule has 7 nitrogen and oxygen atoms in total. The molecule has 29 heavy (non-hydrogen) atoms. The molecule has 0 saturated carbocycles. The lowest BCUT2D eigenvalue weighted by atomic mass is 10.1. The van der Waals surface area contributed by atoms with Crippen LogP contribution in [0, 0.1) is 20.8 Å². The Morgan fingerprint density at radius 1 is 1.17 bits per heavy atom. The average Bonchev–Trinajstić information content (AvgIpc) is 3.28. The van der Waals surface area contributed by atoms with Gasteiger partial charge in [0.15, 0.2) is 5.13 Å². The lowest BCUT2D eigenvalue weighted by Gasteiger charge is -2.10. The largest absolute Gasteiger partial charge is 0.302 e. The van der Waals surface area contributed by atoms with Gasteiger partial charge in [-0.05, 0) is 44.9 Å². The van der Waals surface area contributed by atoms with E-state index in [4.69, 9.17) is 0 Å². The highest BCUT2D eigenvalue weighted by atomic mass is 79.9. The van der Waals surface area contributed by atoms with Gasteiger partial charge >= 0.3 is 0 Å². The molecule has 148 valence electrons. The number of benzene rings is 1. The van der Waals surface area contributed by atoms with Gasteiger partial charge in [0.1, 0.15) is 6.33 Å². The highest BCUT2D eigenvalue weighted by molar-refractivity contribution is 9.10. The Labute approximate surface area is 180 Å². The second kappa shape index (κ2) is 8.00. The van der Waals surface area contributed by atoms with Crippen LogP contribution in [-0.2, 0) is 11.2 Å². The van der Waals surface area contributed by atoms with Crippen LogP contribution in [0.3, 0.4) is 0 Å². The van der Waals surface area contributed by atoms with Crippen molar-refractivity contribution in [3.05, 3.63) is 56.9 Å². The predicted octanol–water partition coefficient (Wildman–Crippen LogP) is 4.51. The summed E-state index contributed by atoms with van der Waals surface area (Å²) in [4.78, 5) is 26.8. The zero-order valence-corrected chi connectivity index (χ0v) is 18.6. The summed E-state index contributed by atoms with van der Waals surface area (Å²) in [5.41, 5.74) is 4.77. The first-order chi connectivity index (χ1) is 13.9. The summed E-state index contributed by atoms with van der Waals surface area (Å²) in [6, 6.07) is 7.99. The number of aryl methyl sites for hydroxylation is 3. The Bertz CT molecular complexity index is 1200. The molecule has 3 heterocycles. The number of carbonyl (C=O) groups excluding carboxylic acids is 1. The van der Waals surface area contributed by atoms with E-state index < -0.39 is 0 Å². The van der Waals surface area contributed by atoms with Crippen molar-refractivity contribution in [3.63, 3.8) is 0 Å². The number of nitrogens with one attached hydrogen (secondary N) is 1. The van der Waals surface area contributed by atoms with E-state index in [-0.39, 0.29) is 5.91 Å². The molecule has 0 bridgehead atoms. The van der Waals surface area contributed by atoms with Gasteiger partial charge in [-0.2, -0.15) is 10.1 Å². The molecule has 0 spiro atoms. The molecule has 0 unspecified atom stereocenters. The maximum Gasteiger partial charge on any atom is 0.252 e. The van der Waals surface area contributed by atoms with E-state index in [1.165, 1.54) is 17.7 Å². The first-order valence-electron chi connectivity index (χ1n) is 9.11.